The predicted molar refractivity (Wildman–Crippen MR) is 94.0 cm³/mol. The average Bonchev–Trinajstić information content (AvgIpc) is 3.04. The minimum atomic E-state index is -0.175. The van der Waals surface area contributed by atoms with Crippen molar-refractivity contribution in [3.63, 3.8) is 0 Å². The highest BCUT2D eigenvalue weighted by molar-refractivity contribution is 7.21. The zero-order chi connectivity index (χ0) is 15.7. The van der Waals surface area contributed by atoms with E-state index < -0.39 is 0 Å². The summed E-state index contributed by atoms with van der Waals surface area (Å²) < 4.78 is 0.559. The number of thiazole rings is 1. The first kappa shape index (κ1) is 15.3. The smallest absolute Gasteiger partial charge is 0.216 e. The van der Waals surface area contributed by atoms with E-state index in [1.807, 2.05) is 12.1 Å². The number of thiophene rings is 1. The Labute approximate surface area is 144 Å². The number of anilines is 3. The molecular formula is C14H9Cl2N3OS2. The molecule has 2 heterocycles. The molecule has 3 aromatic rings. The molecule has 0 amide bonds. The third kappa shape index (κ3) is 3.25. The molecule has 0 saturated heterocycles. The molecule has 22 heavy (non-hydrogen) atoms. The van der Waals surface area contributed by atoms with Crippen LogP contribution in [0.5, 0.6) is 0 Å². The summed E-state index contributed by atoms with van der Waals surface area (Å²) in [5.74, 6) is 0.0232. The van der Waals surface area contributed by atoms with Gasteiger partial charge in [-0.05, 0) is 30.3 Å². The molecule has 0 fully saturated rings. The van der Waals surface area contributed by atoms with Gasteiger partial charge in [-0.3, -0.25) is 4.79 Å². The molecule has 0 radical (unpaired) electrons. The second-order valence-electron chi connectivity index (χ2n) is 4.30. The maximum Gasteiger partial charge on any atom is 0.216 e. The van der Waals surface area contributed by atoms with Crippen molar-refractivity contribution in [3.8, 4) is 0 Å². The topological polar surface area (TPSA) is 68.0 Å². The largest absolute Gasteiger partial charge is 0.382 e. The zero-order valence-corrected chi connectivity index (χ0v) is 14.1. The van der Waals surface area contributed by atoms with Crippen LogP contribution in [-0.4, -0.2) is 10.8 Å². The number of benzene rings is 1. The fraction of sp³-hybridized carbons (Fsp3) is 0. The third-order valence-electron chi connectivity index (χ3n) is 2.73. The Hall–Kier alpha value is -1.60. The SMILES string of the molecule is Nc1nc(Nc2cccc(Cl)c2)sc1C(=O)c1ccc(Cl)s1. The lowest BCUT2D eigenvalue weighted by Crippen LogP contribution is -2.00. The molecule has 0 aliphatic heterocycles. The highest BCUT2D eigenvalue weighted by Crippen LogP contribution is 2.32. The van der Waals surface area contributed by atoms with Gasteiger partial charge in [-0.15, -0.1) is 11.3 Å². The molecule has 4 nitrogen and oxygen atoms in total. The highest BCUT2D eigenvalue weighted by Gasteiger charge is 2.19. The van der Waals surface area contributed by atoms with Crippen molar-refractivity contribution in [1.29, 1.82) is 0 Å². The standard InChI is InChI=1S/C14H9Cl2N3OS2/c15-7-2-1-3-8(6-7)18-14-19-13(17)12(22-14)11(20)9-4-5-10(16)21-9/h1-6H,17H2,(H,18,19). The average molecular weight is 370 g/mol. The van der Waals surface area contributed by atoms with Gasteiger partial charge in [0.2, 0.25) is 5.78 Å². The lowest BCUT2D eigenvalue weighted by molar-refractivity contribution is 0.104. The van der Waals surface area contributed by atoms with E-state index in [4.69, 9.17) is 28.9 Å². The first-order valence-corrected chi connectivity index (χ1v) is 8.51. The van der Waals surface area contributed by atoms with Crippen molar-refractivity contribution in [2.24, 2.45) is 0 Å². The van der Waals surface area contributed by atoms with Gasteiger partial charge in [0.25, 0.3) is 0 Å². The van der Waals surface area contributed by atoms with Crippen LogP contribution in [0.15, 0.2) is 36.4 Å². The van der Waals surface area contributed by atoms with Crippen LogP contribution < -0.4 is 11.1 Å². The Morgan fingerprint density at radius 3 is 2.68 bits per heavy atom. The number of nitrogens with one attached hydrogen (secondary N) is 1. The van der Waals surface area contributed by atoms with Gasteiger partial charge in [-0.1, -0.05) is 40.6 Å². The van der Waals surface area contributed by atoms with E-state index in [1.54, 1.807) is 24.3 Å². The lowest BCUT2D eigenvalue weighted by Gasteiger charge is -2.01. The molecule has 0 unspecified atom stereocenters. The molecule has 0 aliphatic rings. The predicted octanol–water partition coefficient (Wildman–Crippen LogP) is 5.07. The maximum atomic E-state index is 12.4. The van der Waals surface area contributed by atoms with E-state index in [-0.39, 0.29) is 11.6 Å². The molecule has 3 rings (SSSR count). The van der Waals surface area contributed by atoms with Gasteiger partial charge in [-0.25, -0.2) is 4.98 Å². The third-order valence-corrected chi connectivity index (χ3v) is 5.18. The second kappa shape index (κ2) is 6.26. The number of ketones is 1. The molecule has 0 spiro atoms. The monoisotopic (exact) mass is 369 g/mol. The van der Waals surface area contributed by atoms with Crippen LogP contribution in [0.4, 0.5) is 16.6 Å². The van der Waals surface area contributed by atoms with Crippen LogP contribution in [0.25, 0.3) is 0 Å². The number of hydrogen-bond acceptors (Lipinski definition) is 6. The molecular weight excluding hydrogens is 361 g/mol. The van der Waals surface area contributed by atoms with Crippen molar-refractivity contribution in [2.45, 2.75) is 0 Å². The van der Waals surface area contributed by atoms with E-state index in [9.17, 15) is 4.79 Å². The number of nitrogens with zero attached hydrogens (tertiary/aromatic N) is 1. The number of aromatic nitrogens is 1. The molecule has 1 aromatic carbocycles. The van der Waals surface area contributed by atoms with E-state index in [0.717, 1.165) is 5.69 Å². The van der Waals surface area contributed by atoms with Crippen molar-refractivity contribution >= 4 is 68.3 Å². The summed E-state index contributed by atoms with van der Waals surface area (Å²) in [5, 5.41) is 4.23. The van der Waals surface area contributed by atoms with Crippen molar-refractivity contribution in [3.05, 3.63) is 55.5 Å². The van der Waals surface area contributed by atoms with Gasteiger partial charge in [0.1, 0.15) is 10.7 Å². The molecule has 0 bridgehead atoms. The number of halogens is 2. The van der Waals surface area contributed by atoms with Crippen LogP contribution in [0.3, 0.4) is 0 Å². The van der Waals surface area contributed by atoms with E-state index in [1.165, 1.54) is 22.7 Å². The zero-order valence-electron chi connectivity index (χ0n) is 11.0. The van der Waals surface area contributed by atoms with Gasteiger partial charge < -0.3 is 11.1 Å². The number of carbonyl (C=O) groups is 1. The van der Waals surface area contributed by atoms with E-state index in [2.05, 4.69) is 10.3 Å². The van der Waals surface area contributed by atoms with Crippen LogP contribution in [-0.2, 0) is 0 Å². The van der Waals surface area contributed by atoms with Crippen molar-refractivity contribution in [1.82, 2.24) is 4.98 Å². The van der Waals surface area contributed by atoms with Crippen LogP contribution in [0, 0.1) is 0 Å². The Balaban J connectivity index is 1.86. The summed E-state index contributed by atoms with van der Waals surface area (Å²) in [4.78, 5) is 17.5. The number of carbonyl (C=O) groups excluding carboxylic acids is 1. The summed E-state index contributed by atoms with van der Waals surface area (Å²) in [6.07, 6.45) is 0. The molecule has 3 N–H and O–H groups in total. The molecule has 0 aliphatic carbocycles. The van der Waals surface area contributed by atoms with Gasteiger partial charge in [-0.2, -0.15) is 0 Å². The number of rotatable bonds is 4. The number of nitrogen functional groups attached to an aromatic ring is 1. The van der Waals surface area contributed by atoms with Gasteiger partial charge in [0.05, 0.1) is 9.21 Å². The van der Waals surface area contributed by atoms with Crippen LogP contribution >= 0.6 is 45.9 Å². The Kier molecular flexibility index (Phi) is 4.35. The minimum Gasteiger partial charge on any atom is -0.382 e. The van der Waals surface area contributed by atoms with Gasteiger partial charge in [0, 0.05) is 10.7 Å². The Morgan fingerprint density at radius 2 is 2.00 bits per heavy atom. The lowest BCUT2D eigenvalue weighted by atomic mass is 10.3. The van der Waals surface area contributed by atoms with Gasteiger partial charge >= 0.3 is 0 Å². The van der Waals surface area contributed by atoms with Gasteiger partial charge in [0.15, 0.2) is 5.13 Å². The summed E-state index contributed by atoms with van der Waals surface area (Å²) in [6.45, 7) is 0. The summed E-state index contributed by atoms with van der Waals surface area (Å²) in [7, 11) is 0. The minimum absolute atomic E-state index is 0.175. The normalized spacial score (nSPS) is 10.6. The molecule has 0 saturated carbocycles. The maximum absolute atomic E-state index is 12.4. The van der Waals surface area contributed by atoms with E-state index in [0.29, 0.717) is 24.2 Å². The Morgan fingerprint density at radius 1 is 1.18 bits per heavy atom. The molecule has 2 aromatic heterocycles. The summed E-state index contributed by atoms with van der Waals surface area (Å²) in [5.41, 5.74) is 6.63. The molecule has 0 atom stereocenters. The summed E-state index contributed by atoms with van der Waals surface area (Å²) >= 11 is 14.2. The fourth-order valence-corrected chi connectivity index (χ4v) is 3.89. The first-order chi connectivity index (χ1) is 10.5. The van der Waals surface area contributed by atoms with Crippen molar-refractivity contribution in [2.75, 3.05) is 11.1 Å². The van der Waals surface area contributed by atoms with Crippen LogP contribution in [0.2, 0.25) is 9.36 Å². The Bertz CT molecular complexity index is 844. The second-order valence-corrected chi connectivity index (χ2v) is 7.45. The van der Waals surface area contributed by atoms with Crippen LogP contribution in [0.1, 0.15) is 14.5 Å². The molecule has 8 heteroatoms. The van der Waals surface area contributed by atoms with E-state index >= 15 is 0 Å². The quantitative estimate of drug-likeness (QED) is 0.630. The molecule has 112 valence electrons. The number of hydrogen-bond donors (Lipinski definition) is 2. The highest BCUT2D eigenvalue weighted by atomic mass is 35.5. The summed E-state index contributed by atoms with van der Waals surface area (Å²) in [6, 6.07) is 10.6. The fourth-order valence-electron chi connectivity index (χ4n) is 1.79. The first-order valence-electron chi connectivity index (χ1n) is 6.12. The number of nitrogens with two attached hydrogens (primary N) is 1. The van der Waals surface area contributed by atoms with Crippen molar-refractivity contribution < 1.29 is 4.79 Å².